The van der Waals surface area contributed by atoms with Crippen LogP contribution in [0, 0.1) is 0 Å². The molecule has 2 aliphatic heterocycles. The molecular formula is C16H22N4O. The van der Waals surface area contributed by atoms with Crippen molar-refractivity contribution >= 4 is 16.7 Å². The minimum Gasteiger partial charge on any atom is -0.399 e. The number of aliphatic hydroxyl groups is 1. The Hall–Kier alpha value is -1.59. The predicted molar refractivity (Wildman–Crippen MR) is 82.9 cm³/mol. The van der Waals surface area contributed by atoms with Crippen LogP contribution in [0.4, 0.5) is 5.69 Å². The molecule has 0 radical (unpaired) electrons. The van der Waals surface area contributed by atoms with Gasteiger partial charge >= 0.3 is 0 Å². The van der Waals surface area contributed by atoms with Gasteiger partial charge in [-0.05, 0) is 50.4 Å². The number of rotatable bonds is 2. The fraction of sp³-hybridized carbons (Fsp3) is 0.562. The average Bonchev–Trinajstić information content (AvgIpc) is 3.09. The summed E-state index contributed by atoms with van der Waals surface area (Å²) in [7, 11) is 0. The minimum absolute atomic E-state index is 0.0144. The molecule has 5 nitrogen and oxygen atoms in total. The van der Waals surface area contributed by atoms with E-state index < -0.39 is 0 Å². The SMILES string of the molecule is Nc1ccc2c(c1)nc(CO)n2C1CCN2CCCC2C1. The van der Waals surface area contributed by atoms with Gasteiger partial charge in [0.05, 0.1) is 11.0 Å². The third-order valence-corrected chi connectivity index (χ3v) is 5.09. The van der Waals surface area contributed by atoms with Crippen molar-refractivity contribution in [1.82, 2.24) is 14.5 Å². The molecule has 1 aromatic carbocycles. The first-order chi connectivity index (χ1) is 10.3. The van der Waals surface area contributed by atoms with Crippen LogP contribution in [0.15, 0.2) is 18.2 Å². The van der Waals surface area contributed by atoms with E-state index in [1.807, 2.05) is 18.2 Å². The molecule has 4 rings (SSSR count). The molecule has 2 atom stereocenters. The second-order valence-corrected chi connectivity index (χ2v) is 6.31. The van der Waals surface area contributed by atoms with Crippen LogP contribution in [-0.2, 0) is 6.61 Å². The summed E-state index contributed by atoms with van der Waals surface area (Å²) in [4.78, 5) is 7.19. The van der Waals surface area contributed by atoms with Crippen LogP contribution in [0.2, 0.25) is 0 Å². The second kappa shape index (κ2) is 5.00. The molecule has 3 heterocycles. The Balaban J connectivity index is 1.74. The van der Waals surface area contributed by atoms with Crippen molar-refractivity contribution in [3.05, 3.63) is 24.0 Å². The fourth-order valence-electron chi connectivity index (χ4n) is 4.12. The zero-order chi connectivity index (χ0) is 14.4. The van der Waals surface area contributed by atoms with Crippen molar-refractivity contribution in [3.8, 4) is 0 Å². The lowest BCUT2D eigenvalue weighted by Crippen LogP contribution is -2.39. The van der Waals surface area contributed by atoms with Crippen LogP contribution < -0.4 is 5.73 Å². The summed E-state index contributed by atoms with van der Waals surface area (Å²) >= 11 is 0. The van der Waals surface area contributed by atoms with Gasteiger partial charge in [0.25, 0.3) is 0 Å². The maximum atomic E-state index is 9.68. The quantitative estimate of drug-likeness (QED) is 0.828. The molecule has 3 N–H and O–H groups in total. The maximum absolute atomic E-state index is 9.68. The summed E-state index contributed by atoms with van der Waals surface area (Å²) in [6.45, 7) is 2.40. The van der Waals surface area contributed by atoms with Gasteiger partial charge in [0.15, 0.2) is 0 Å². The van der Waals surface area contributed by atoms with E-state index in [0.717, 1.165) is 35.5 Å². The standard InChI is InChI=1S/C16H22N4O/c17-11-3-4-15-14(8-11)18-16(10-21)20(15)13-5-7-19-6-1-2-12(19)9-13/h3-4,8,12-13,21H,1-2,5-7,9-10,17H2. The molecule has 0 saturated carbocycles. The molecule has 0 amide bonds. The summed E-state index contributed by atoms with van der Waals surface area (Å²) in [5.41, 5.74) is 8.58. The predicted octanol–water partition coefficient (Wildman–Crippen LogP) is 1.91. The molecule has 0 spiro atoms. The Morgan fingerprint density at radius 2 is 2.14 bits per heavy atom. The number of aromatic nitrogens is 2. The Morgan fingerprint density at radius 3 is 3.00 bits per heavy atom. The molecule has 0 bridgehead atoms. The number of aliphatic hydroxyl groups excluding tert-OH is 1. The van der Waals surface area contributed by atoms with E-state index in [0.29, 0.717) is 12.1 Å². The molecule has 0 aliphatic carbocycles. The monoisotopic (exact) mass is 286 g/mol. The number of piperidine rings is 1. The number of anilines is 1. The maximum Gasteiger partial charge on any atom is 0.135 e. The molecular weight excluding hydrogens is 264 g/mol. The van der Waals surface area contributed by atoms with Gasteiger partial charge in [-0.15, -0.1) is 0 Å². The number of imidazole rings is 1. The van der Waals surface area contributed by atoms with Crippen molar-refractivity contribution < 1.29 is 5.11 Å². The van der Waals surface area contributed by atoms with Crippen LogP contribution in [0.5, 0.6) is 0 Å². The number of nitrogens with two attached hydrogens (primary N) is 1. The van der Waals surface area contributed by atoms with Crippen molar-refractivity contribution in [2.24, 2.45) is 0 Å². The van der Waals surface area contributed by atoms with Crippen LogP contribution in [0.3, 0.4) is 0 Å². The summed E-state index contributed by atoms with van der Waals surface area (Å²) in [5.74, 6) is 0.770. The van der Waals surface area contributed by atoms with Crippen molar-refractivity contribution in [1.29, 1.82) is 0 Å². The first-order valence-corrected chi connectivity index (χ1v) is 7.87. The fourth-order valence-corrected chi connectivity index (χ4v) is 4.12. The summed E-state index contributed by atoms with van der Waals surface area (Å²) < 4.78 is 2.25. The lowest BCUT2D eigenvalue weighted by molar-refractivity contribution is 0.152. The zero-order valence-corrected chi connectivity index (χ0v) is 12.2. The van der Waals surface area contributed by atoms with Gasteiger partial charge < -0.3 is 20.3 Å². The molecule has 1 aromatic heterocycles. The lowest BCUT2D eigenvalue weighted by atomic mass is 9.97. The third-order valence-electron chi connectivity index (χ3n) is 5.09. The molecule has 2 saturated heterocycles. The van der Waals surface area contributed by atoms with Gasteiger partial charge in [0.1, 0.15) is 12.4 Å². The Labute approximate surface area is 124 Å². The molecule has 2 unspecified atom stereocenters. The highest BCUT2D eigenvalue weighted by Crippen LogP contribution is 2.36. The number of fused-ring (bicyclic) bond motifs is 2. The largest absolute Gasteiger partial charge is 0.399 e. The molecule has 5 heteroatoms. The van der Waals surface area contributed by atoms with E-state index in [2.05, 4.69) is 14.5 Å². The number of hydrogen-bond donors (Lipinski definition) is 2. The van der Waals surface area contributed by atoms with Crippen LogP contribution in [-0.4, -0.2) is 38.7 Å². The Kier molecular flexibility index (Phi) is 3.12. The van der Waals surface area contributed by atoms with Gasteiger partial charge in [0, 0.05) is 24.3 Å². The van der Waals surface area contributed by atoms with Gasteiger partial charge in [-0.25, -0.2) is 4.98 Å². The van der Waals surface area contributed by atoms with Gasteiger partial charge in [-0.2, -0.15) is 0 Å². The van der Waals surface area contributed by atoms with Crippen molar-refractivity contribution in [3.63, 3.8) is 0 Å². The Bertz CT molecular complexity index is 666. The highest BCUT2D eigenvalue weighted by atomic mass is 16.3. The molecule has 2 aliphatic rings. The topological polar surface area (TPSA) is 67.3 Å². The second-order valence-electron chi connectivity index (χ2n) is 6.31. The highest BCUT2D eigenvalue weighted by Gasteiger charge is 2.33. The van der Waals surface area contributed by atoms with E-state index >= 15 is 0 Å². The number of benzene rings is 1. The first kappa shape index (κ1) is 13.1. The van der Waals surface area contributed by atoms with Gasteiger partial charge in [0.2, 0.25) is 0 Å². The molecule has 2 fully saturated rings. The normalized spacial score (nSPS) is 26.3. The smallest absolute Gasteiger partial charge is 0.135 e. The first-order valence-electron chi connectivity index (χ1n) is 7.87. The van der Waals surface area contributed by atoms with Crippen molar-refractivity contribution in [2.45, 2.75) is 44.4 Å². The highest BCUT2D eigenvalue weighted by molar-refractivity contribution is 5.79. The molecule has 2 aromatic rings. The lowest BCUT2D eigenvalue weighted by Gasteiger charge is -2.36. The number of nitrogen functional groups attached to an aromatic ring is 1. The molecule has 21 heavy (non-hydrogen) atoms. The van der Waals surface area contributed by atoms with E-state index in [-0.39, 0.29) is 6.61 Å². The molecule has 112 valence electrons. The number of hydrogen-bond acceptors (Lipinski definition) is 4. The number of nitrogens with zero attached hydrogens (tertiary/aromatic N) is 3. The average molecular weight is 286 g/mol. The zero-order valence-electron chi connectivity index (χ0n) is 12.2. The summed E-state index contributed by atoms with van der Waals surface area (Å²) in [6.07, 6.45) is 4.94. The van der Waals surface area contributed by atoms with E-state index in [1.54, 1.807) is 0 Å². The minimum atomic E-state index is -0.0144. The van der Waals surface area contributed by atoms with Crippen LogP contribution in [0.25, 0.3) is 11.0 Å². The Morgan fingerprint density at radius 1 is 1.24 bits per heavy atom. The third kappa shape index (κ3) is 2.12. The van der Waals surface area contributed by atoms with E-state index in [1.165, 1.54) is 25.8 Å². The van der Waals surface area contributed by atoms with Crippen LogP contribution >= 0.6 is 0 Å². The van der Waals surface area contributed by atoms with E-state index in [9.17, 15) is 5.11 Å². The summed E-state index contributed by atoms with van der Waals surface area (Å²) in [5, 5.41) is 9.68. The van der Waals surface area contributed by atoms with Crippen molar-refractivity contribution in [2.75, 3.05) is 18.8 Å². The van der Waals surface area contributed by atoms with Gasteiger partial charge in [-0.1, -0.05) is 0 Å². The summed E-state index contributed by atoms with van der Waals surface area (Å²) in [6, 6.07) is 7.02. The van der Waals surface area contributed by atoms with Gasteiger partial charge in [-0.3, -0.25) is 0 Å². The van der Waals surface area contributed by atoms with Crippen LogP contribution in [0.1, 0.15) is 37.5 Å². The van der Waals surface area contributed by atoms with E-state index in [4.69, 9.17) is 5.73 Å².